The van der Waals surface area contributed by atoms with Crippen molar-refractivity contribution in [3.05, 3.63) is 21.3 Å². The Hall–Kier alpha value is -0.250. The second-order valence-electron chi connectivity index (χ2n) is 2.95. The number of carbonyl (C=O) groups is 1. The van der Waals surface area contributed by atoms with Gasteiger partial charge in [0.1, 0.15) is 4.88 Å². The number of halogens is 2. The van der Waals surface area contributed by atoms with Crippen LogP contribution in [-0.2, 0) is 0 Å². The zero-order chi connectivity index (χ0) is 10.6. The van der Waals surface area contributed by atoms with Gasteiger partial charge in [0.15, 0.2) is 0 Å². The molecule has 78 valence electrons. The maximum atomic E-state index is 11.6. The van der Waals surface area contributed by atoms with Crippen molar-refractivity contribution < 1.29 is 4.79 Å². The van der Waals surface area contributed by atoms with Crippen LogP contribution in [-0.4, -0.2) is 17.8 Å². The summed E-state index contributed by atoms with van der Waals surface area (Å²) in [5, 5.41) is 5.13. The maximum absolute atomic E-state index is 11.6. The number of carbonyl (C=O) groups excluding carboxylic acids is 1. The molecule has 0 bridgehead atoms. The highest BCUT2D eigenvalue weighted by Gasteiger charge is 2.13. The van der Waals surface area contributed by atoms with Crippen molar-refractivity contribution in [3.8, 4) is 0 Å². The molecule has 1 rings (SSSR count). The largest absolute Gasteiger partial charge is 0.349 e. The molecule has 1 aromatic rings. The van der Waals surface area contributed by atoms with Gasteiger partial charge >= 0.3 is 0 Å². The summed E-state index contributed by atoms with van der Waals surface area (Å²) in [5.74, 6) is 0.419. The average molecular weight is 252 g/mol. The summed E-state index contributed by atoms with van der Waals surface area (Å²) in [5.41, 5.74) is 0. The topological polar surface area (TPSA) is 29.1 Å². The fourth-order valence-electron chi connectivity index (χ4n) is 0.981. The van der Waals surface area contributed by atoms with Crippen LogP contribution < -0.4 is 5.32 Å². The highest BCUT2D eigenvalue weighted by molar-refractivity contribution is 7.12. The molecule has 14 heavy (non-hydrogen) atoms. The van der Waals surface area contributed by atoms with Crippen molar-refractivity contribution in [2.75, 3.05) is 5.88 Å². The highest BCUT2D eigenvalue weighted by Crippen LogP contribution is 2.21. The lowest BCUT2D eigenvalue weighted by Crippen LogP contribution is -2.32. The lowest BCUT2D eigenvalue weighted by atomic mass is 10.2. The Kier molecular flexibility index (Phi) is 4.72. The lowest BCUT2D eigenvalue weighted by Gasteiger charge is -2.11. The van der Waals surface area contributed by atoms with Crippen LogP contribution in [0.4, 0.5) is 0 Å². The Morgan fingerprint density at radius 3 is 2.93 bits per heavy atom. The number of alkyl halides is 1. The quantitative estimate of drug-likeness (QED) is 0.819. The molecule has 0 spiro atoms. The first-order chi connectivity index (χ1) is 6.65. The van der Waals surface area contributed by atoms with Gasteiger partial charge in [0.05, 0.1) is 5.02 Å². The molecule has 0 fully saturated rings. The third-order valence-corrected chi connectivity index (χ3v) is 3.30. The van der Waals surface area contributed by atoms with Crippen LogP contribution in [0.25, 0.3) is 0 Å². The van der Waals surface area contributed by atoms with E-state index in [0.717, 1.165) is 6.42 Å². The predicted molar refractivity (Wildman–Crippen MR) is 61.6 cm³/mol. The van der Waals surface area contributed by atoms with Crippen LogP contribution in [0, 0.1) is 0 Å². The second kappa shape index (κ2) is 5.59. The molecule has 1 aromatic heterocycles. The molecule has 1 unspecified atom stereocenters. The number of hydrogen-bond donors (Lipinski definition) is 1. The predicted octanol–water partition coefficient (Wildman–Crippen LogP) is 3.15. The van der Waals surface area contributed by atoms with Crippen LogP contribution in [0.5, 0.6) is 0 Å². The number of rotatable bonds is 4. The van der Waals surface area contributed by atoms with Crippen LogP contribution in [0.3, 0.4) is 0 Å². The minimum absolute atomic E-state index is 0.0816. The van der Waals surface area contributed by atoms with Gasteiger partial charge in [-0.3, -0.25) is 4.79 Å². The summed E-state index contributed by atoms with van der Waals surface area (Å²) >= 11 is 12.7. The fourth-order valence-corrected chi connectivity index (χ4v) is 2.35. The molecule has 0 aromatic carbocycles. The summed E-state index contributed by atoms with van der Waals surface area (Å²) < 4.78 is 0. The van der Waals surface area contributed by atoms with E-state index in [2.05, 4.69) is 5.32 Å². The van der Waals surface area contributed by atoms with Crippen LogP contribution in [0.1, 0.15) is 23.0 Å². The van der Waals surface area contributed by atoms with Gasteiger partial charge in [-0.1, -0.05) is 11.6 Å². The van der Waals surface area contributed by atoms with E-state index >= 15 is 0 Å². The zero-order valence-corrected chi connectivity index (χ0v) is 10.0. The normalized spacial score (nSPS) is 12.5. The average Bonchev–Trinajstić information content (AvgIpc) is 2.51. The molecule has 1 N–H and O–H groups in total. The van der Waals surface area contributed by atoms with Crippen molar-refractivity contribution >= 4 is 40.4 Å². The van der Waals surface area contributed by atoms with Gasteiger partial charge in [0.2, 0.25) is 0 Å². The van der Waals surface area contributed by atoms with Gasteiger partial charge in [-0.05, 0) is 24.8 Å². The van der Waals surface area contributed by atoms with E-state index in [-0.39, 0.29) is 11.9 Å². The summed E-state index contributed by atoms with van der Waals surface area (Å²) in [6.07, 6.45) is 0.760. The van der Waals surface area contributed by atoms with E-state index in [0.29, 0.717) is 15.8 Å². The van der Waals surface area contributed by atoms with Gasteiger partial charge in [-0.25, -0.2) is 0 Å². The first-order valence-corrected chi connectivity index (χ1v) is 6.04. The molecule has 1 heterocycles. The van der Waals surface area contributed by atoms with Crippen LogP contribution in [0.2, 0.25) is 5.02 Å². The molecule has 0 aliphatic rings. The molecule has 0 radical (unpaired) electrons. The molecule has 0 aliphatic carbocycles. The Morgan fingerprint density at radius 2 is 2.43 bits per heavy atom. The molecule has 1 amide bonds. The maximum Gasteiger partial charge on any atom is 0.263 e. The molecule has 5 heteroatoms. The van der Waals surface area contributed by atoms with Gasteiger partial charge in [0.25, 0.3) is 5.91 Å². The van der Waals surface area contributed by atoms with E-state index in [1.807, 2.05) is 6.92 Å². The first kappa shape index (κ1) is 11.8. The Bertz CT molecular complexity index is 314. The van der Waals surface area contributed by atoms with E-state index in [1.54, 1.807) is 11.4 Å². The van der Waals surface area contributed by atoms with Gasteiger partial charge < -0.3 is 5.32 Å². The number of amides is 1. The summed E-state index contributed by atoms with van der Waals surface area (Å²) in [7, 11) is 0. The summed E-state index contributed by atoms with van der Waals surface area (Å²) in [6.45, 7) is 1.92. The van der Waals surface area contributed by atoms with E-state index in [4.69, 9.17) is 23.2 Å². The minimum Gasteiger partial charge on any atom is -0.349 e. The van der Waals surface area contributed by atoms with Gasteiger partial charge in [-0.15, -0.1) is 22.9 Å². The van der Waals surface area contributed by atoms with Gasteiger partial charge in [0, 0.05) is 11.9 Å². The fraction of sp³-hybridized carbons (Fsp3) is 0.444. The molecule has 2 nitrogen and oxygen atoms in total. The summed E-state index contributed by atoms with van der Waals surface area (Å²) in [4.78, 5) is 12.1. The van der Waals surface area contributed by atoms with E-state index in [1.165, 1.54) is 11.3 Å². The van der Waals surface area contributed by atoms with E-state index < -0.39 is 0 Å². The van der Waals surface area contributed by atoms with Crippen molar-refractivity contribution in [1.82, 2.24) is 5.32 Å². The molecular weight excluding hydrogens is 241 g/mol. The first-order valence-electron chi connectivity index (χ1n) is 4.25. The number of thiophene rings is 1. The molecule has 0 saturated heterocycles. The Balaban J connectivity index is 2.55. The molecule has 0 saturated carbocycles. The smallest absolute Gasteiger partial charge is 0.263 e. The minimum atomic E-state index is -0.123. The van der Waals surface area contributed by atoms with Crippen LogP contribution in [0.15, 0.2) is 11.4 Å². The molecule has 1 atom stereocenters. The second-order valence-corrected chi connectivity index (χ2v) is 4.65. The van der Waals surface area contributed by atoms with E-state index in [9.17, 15) is 4.79 Å². The number of hydrogen-bond acceptors (Lipinski definition) is 2. The Labute approximate surface area is 97.2 Å². The SMILES string of the molecule is CC(CCCl)NC(=O)c1sccc1Cl. The third kappa shape index (κ3) is 3.15. The third-order valence-electron chi connectivity index (χ3n) is 1.74. The van der Waals surface area contributed by atoms with Crippen molar-refractivity contribution in [1.29, 1.82) is 0 Å². The standard InChI is InChI=1S/C9H11Cl2NOS/c1-6(2-4-10)12-9(13)8-7(11)3-5-14-8/h3,5-6H,2,4H2,1H3,(H,12,13). The highest BCUT2D eigenvalue weighted by atomic mass is 35.5. The summed E-state index contributed by atoms with van der Waals surface area (Å²) in [6, 6.07) is 1.80. The monoisotopic (exact) mass is 251 g/mol. The Morgan fingerprint density at radius 1 is 1.71 bits per heavy atom. The van der Waals surface area contributed by atoms with Crippen molar-refractivity contribution in [2.45, 2.75) is 19.4 Å². The van der Waals surface area contributed by atoms with Crippen molar-refractivity contribution in [3.63, 3.8) is 0 Å². The van der Waals surface area contributed by atoms with Gasteiger partial charge in [-0.2, -0.15) is 0 Å². The number of nitrogens with one attached hydrogen (secondary N) is 1. The molecule has 0 aliphatic heterocycles. The zero-order valence-electron chi connectivity index (χ0n) is 7.72. The molecular formula is C9H11Cl2NOS. The lowest BCUT2D eigenvalue weighted by molar-refractivity contribution is 0.0944. The van der Waals surface area contributed by atoms with Crippen molar-refractivity contribution in [2.24, 2.45) is 0 Å². The van der Waals surface area contributed by atoms with Crippen LogP contribution >= 0.6 is 34.5 Å².